The van der Waals surface area contributed by atoms with Crippen LogP contribution in [0.3, 0.4) is 0 Å². The summed E-state index contributed by atoms with van der Waals surface area (Å²) in [5.41, 5.74) is -5.07. The van der Waals surface area contributed by atoms with Crippen molar-refractivity contribution in [1.29, 1.82) is 0 Å². The predicted octanol–water partition coefficient (Wildman–Crippen LogP) is 0.415. The number of aliphatic hydroxyl groups excluding tert-OH is 2. The van der Waals surface area contributed by atoms with Crippen LogP contribution >= 0.6 is 0 Å². The Labute approximate surface area is 232 Å². The van der Waals surface area contributed by atoms with Gasteiger partial charge in [0.15, 0.2) is 6.29 Å². The third kappa shape index (κ3) is 3.25. The molecule has 3 aliphatic carbocycles. The maximum absolute atomic E-state index is 13.3. The number of rotatable bonds is 0. The molecule has 5 aliphatic heterocycles. The van der Waals surface area contributed by atoms with Crippen molar-refractivity contribution in [3.05, 3.63) is 23.8 Å². The van der Waals surface area contributed by atoms with Crippen molar-refractivity contribution >= 4 is 11.9 Å². The summed E-state index contributed by atoms with van der Waals surface area (Å²) < 4.78 is 30.1. The lowest BCUT2D eigenvalue weighted by atomic mass is 9.40. The number of hydrogen-bond donors (Lipinski definition) is 4. The van der Waals surface area contributed by atoms with Crippen molar-refractivity contribution in [1.82, 2.24) is 0 Å². The van der Waals surface area contributed by atoms with Gasteiger partial charge in [0.05, 0.1) is 24.4 Å². The maximum Gasteiger partial charge on any atom is 0.330 e. The second-order valence-electron chi connectivity index (χ2n) is 13.3. The van der Waals surface area contributed by atoms with Crippen molar-refractivity contribution in [2.24, 2.45) is 16.7 Å². The lowest BCUT2D eigenvalue weighted by Gasteiger charge is -2.71. The minimum atomic E-state index is -1.49. The van der Waals surface area contributed by atoms with Crippen LogP contribution in [0.4, 0.5) is 0 Å². The van der Waals surface area contributed by atoms with Gasteiger partial charge in [0.2, 0.25) is 0 Å². The van der Waals surface area contributed by atoms with E-state index >= 15 is 0 Å². The number of cyclic esters (lactones) is 1. The topological polar surface area (TPSA) is 161 Å². The molecule has 0 aromatic carbocycles. The molecule has 11 nitrogen and oxygen atoms in total. The summed E-state index contributed by atoms with van der Waals surface area (Å²) in [5, 5.41) is 44.7. The lowest BCUT2D eigenvalue weighted by Crippen LogP contribution is -2.80. The fourth-order valence-corrected chi connectivity index (χ4v) is 9.44. The maximum atomic E-state index is 13.3. The van der Waals surface area contributed by atoms with Crippen molar-refractivity contribution in [3.8, 4) is 0 Å². The minimum Gasteiger partial charge on any atom is -0.462 e. The highest BCUT2D eigenvalue weighted by atomic mass is 16.7. The first-order chi connectivity index (χ1) is 18.9. The molecule has 5 heterocycles. The van der Waals surface area contributed by atoms with Crippen LogP contribution in [-0.2, 0) is 33.3 Å². The average molecular weight is 563 g/mol. The minimum absolute atomic E-state index is 0.0965. The van der Waals surface area contributed by atoms with E-state index in [2.05, 4.69) is 0 Å². The Hall–Kier alpha value is -1.86. The van der Waals surface area contributed by atoms with E-state index in [4.69, 9.17) is 23.7 Å². The van der Waals surface area contributed by atoms with E-state index in [0.29, 0.717) is 44.1 Å². The summed E-state index contributed by atoms with van der Waals surface area (Å²) in [4.78, 5) is 26.4. The third-order valence-corrected chi connectivity index (χ3v) is 11.7. The zero-order valence-corrected chi connectivity index (χ0v) is 22.8. The van der Waals surface area contributed by atoms with Gasteiger partial charge in [-0.15, -0.1) is 0 Å². The molecule has 40 heavy (non-hydrogen) atoms. The van der Waals surface area contributed by atoms with Crippen molar-refractivity contribution in [2.45, 2.75) is 112 Å². The highest BCUT2D eigenvalue weighted by Crippen LogP contribution is 2.74. The number of hydrogen-bond acceptors (Lipinski definition) is 11. The molecule has 7 fully saturated rings. The van der Waals surface area contributed by atoms with Gasteiger partial charge < -0.3 is 44.1 Å². The van der Waals surface area contributed by atoms with Gasteiger partial charge in [-0.2, -0.15) is 0 Å². The molecule has 3 saturated carbocycles. The molecule has 0 aromatic rings. The van der Waals surface area contributed by atoms with Gasteiger partial charge in [0.25, 0.3) is 0 Å². The lowest BCUT2D eigenvalue weighted by molar-refractivity contribution is -0.377. The number of esters is 2. The summed E-state index contributed by atoms with van der Waals surface area (Å²) in [6.45, 7) is 3.79. The summed E-state index contributed by atoms with van der Waals surface area (Å²) in [6.07, 6.45) is 1.20. The highest BCUT2D eigenvalue weighted by molar-refractivity contribution is 5.83. The Morgan fingerprint density at radius 2 is 1.80 bits per heavy atom. The third-order valence-electron chi connectivity index (χ3n) is 11.7. The standard InChI is InChI=1S/C29H38O11/c1-25(34)8-9-27-14-36-20(31)11-15-6-10-37-28(21(32)24(33)40-22(15)28)7-4-3-5-19(30)38-17-12-18-29(35,26(17,27)2)13-16(25)23(27)39-18/h3,5,11,16-18,21-24,32-35H,4,6-10,12-14H2,1-2H3/b5-3-,15-11-/t16-,17+,18+,21+,22+,23+,24-,25-,26+,27+,28-,29-/m0/s1. The zero-order chi connectivity index (χ0) is 28.3. The molecule has 1 spiro atoms. The van der Waals surface area contributed by atoms with Crippen LogP contribution in [0.15, 0.2) is 23.8 Å². The van der Waals surface area contributed by atoms with Gasteiger partial charge in [-0.05, 0) is 51.0 Å². The van der Waals surface area contributed by atoms with Gasteiger partial charge in [-0.1, -0.05) is 13.0 Å². The van der Waals surface area contributed by atoms with Crippen LogP contribution in [0, 0.1) is 16.7 Å². The van der Waals surface area contributed by atoms with Crippen LogP contribution < -0.4 is 0 Å². The second kappa shape index (κ2) is 8.59. The normalized spacial score (nSPS) is 57.5. The molecule has 0 unspecified atom stereocenters. The molecular formula is C29H38O11. The molecule has 0 radical (unpaired) electrons. The van der Waals surface area contributed by atoms with E-state index in [9.17, 15) is 30.0 Å². The molecule has 220 valence electrons. The van der Waals surface area contributed by atoms with Crippen molar-refractivity contribution < 1.29 is 53.7 Å². The summed E-state index contributed by atoms with van der Waals surface area (Å²) in [6, 6.07) is 0. The first-order valence-corrected chi connectivity index (χ1v) is 14.4. The van der Waals surface area contributed by atoms with Crippen molar-refractivity contribution in [3.63, 3.8) is 0 Å². The molecular weight excluding hydrogens is 524 g/mol. The van der Waals surface area contributed by atoms with Crippen LogP contribution in [0.5, 0.6) is 0 Å². The number of allylic oxidation sites excluding steroid dienone is 1. The largest absolute Gasteiger partial charge is 0.462 e. The number of aliphatic hydroxyl groups is 4. The Bertz CT molecular complexity index is 1180. The number of carbonyl (C=O) groups excluding carboxylic acids is 2. The van der Waals surface area contributed by atoms with Gasteiger partial charge in [-0.3, -0.25) is 0 Å². The number of ether oxygens (including phenoxy) is 5. The molecule has 4 N–H and O–H groups in total. The molecule has 11 heteroatoms. The van der Waals surface area contributed by atoms with E-state index in [-0.39, 0.29) is 25.6 Å². The van der Waals surface area contributed by atoms with Crippen LogP contribution in [0.25, 0.3) is 0 Å². The molecule has 8 rings (SSSR count). The first kappa shape index (κ1) is 27.0. The fourth-order valence-electron chi connectivity index (χ4n) is 9.44. The van der Waals surface area contributed by atoms with E-state index in [1.807, 2.05) is 6.92 Å². The molecule has 8 bridgehead atoms. The summed E-state index contributed by atoms with van der Waals surface area (Å²) in [5.74, 6) is -1.57. The fraction of sp³-hybridized carbons (Fsp3) is 0.793. The monoisotopic (exact) mass is 562 g/mol. The zero-order valence-electron chi connectivity index (χ0n) is 22.8. The smallest absolute Gasteiger partial charge is 0.330 e. The van der Waals surface area contributed by atoms with Gasteiger partial charge in [0, 0.05) is 35.3 Å². The van der Waals surface area contributed by atoms with Gasteiger partial charge in [-0.25, -0.2) is 9.59 Å². The molecule has 4 saturated heterocycles. The van der Waals surface area contributed by atoms with Crippen molar-refractivity contribution in [2.75, 3.05) is 13.2 Å². The molecule has 0 aromatic heterocycles. The predicted molar refractivity (Wildman–Crippen MR) is 134 cm³/mol. The first-order valence-electron chi connectivity index (χ1n) is 14.4. The van der Waals surface area contributed by atoms with E-state index in [0.717, 1.165) is 0 Å². The Morgan fingerprint density at radius 3 is 2.60 bits per heavy atom. The quantitative estimate of drug-likeness (QED) is 0.303. The number of carbonyl (C=O) groups is 2. The van der Waals surface area contributed by atoms with Crippen LogP contribution in [0.2, 0.25) is 0 Å². The van der Waals surface area contributed by atoms with Gasteiger partial charge >= 0.3 is 11.9 Å². The SMILES string of the molecule is C[C@]12[C@H]3C[C@H]4O[C@@H]5[C@H](C[C@]41O)[C@@](C)(O)CC[C@@]52COC(=O)/C=C1/CCO[C@]2(CC/C=C\C(=O)O3)[C@@H]1O[C@H](O)[C@H]2O. The summed E-state index contributed by atoms with van der Waals surface area (Å²) >= 11 is 0. The average Bonchev–Trinajstić information content (AvgIpc) is 3.24. The second-order valence-corrected chi connectivity index (χ2v) is 13.3. The highest BCUT2D eigenvalue weighted by Gasteiger charge is 2.83. The van der Waals surface area contributed by atoms with Gasteiger partial charge in [0.1, 0.15) is 36.1 Å². The van der Waals surface area contributed by atoms with Crippen LogP contribution in [-0.4, -0.2) is 99.2 Å². The van der Waals surface area contributed by atoms with E-state index in [1.54, 1.807) is 13.0 Å². The van der Waals surface area contributed by atoms with Crippen LogP contribution in [0.1, 0.15) is 58.8 Å². The van der Waals surface area contributed by atoms with E-state index < -0.39 is 76.4 Å². The Morgan fingerprint density at radius 1 is 1.00 bits per heavy atom. The summed E-state index contributed by atoms with van der Waals surface area (Å²) in [7, 11) is 0. The molecule has 8 aliphatic rings. The Balaban J connectivity index is 1.30. The Kier molecular flexibility index (Phi) is 5.80. The molecule has 0 amide bonds. The molecule has 12 atom stereocenters. The van der Waals surface area contributed by atoms with E-state index in [1.165, 1.54) is 12.2 Å².